The monoisotopic (exact) mass is 383 g/mol. The summed E-state index contributed by atoms with van der Waals surface area (Å²) in [5.41, 5.74) is 1.86. The average Bonchev–Trinajstić information content (AvgIpc) is 2.78. The lowest BCUT2D eigenvalue weighted by Gasteiger charge is -2.10. The molecule has 0 atom stereocenters. The molecule has 6 nitrogen and oxygen atoms in total. The number of nitrogens with zero attached hydrogens (tertiary/aromatic N) is 2. The average molecular weight is 383 g/mol. The van der Waals surface area contributed by atoms with Crippen molar-refractivity contribution in [2.75, 3.05) is 12.4 Å². The Kier molecular flexibility index (Phi) is 6.13. The molecule has 3 rings (SSSR count). The predicted octanol–water partition coefficient (Wildman–Crippen LogP) is 3.87. The van der Waals surface area contributed by atoms with Crippen LogP contribution in [0.25, 0.3) is 6.08 Å². The van der Waals surface area contributed by atoms with E-state index in [1.807, 2.05) is 6.07 Å². The number of benzene rings is 2. The van der Waals surface area contributed by atoms with Crippen LogP contribution in [0, 0.1) is 11.3 Å². The Labute approximate surface area is 168 Å². The van der Waals surface area contributed by atoms with Crippen LogP contribution in [-0.4, -0.2) is 23.8 Å². The summed E-state index contributed by atoms with van der Waals surface area (Å²) in [5.74, 6) is -0.432. The molecular weight excluding hydrogens is 366 g/mol. The second-order valence-electron chi connectivity index (χ2n) is 6.05. The van der Waals surface area contributed by atoms with Crippen LogP contribution in [0.15, 0.2) is 78.6 Å². The number of anilines is 1. The highest BCUT2D eigenvalue weighted by Crippen LogP contribution is 2.19. The first kappa shape index (κ1) is 19.5. The van der Waals surface area contributed by atoms with E-state index in [0.29, 0.717) is 28.1 Å². The lowest BCUT2D eigenvalue weighted by atomic mass is 10.0. The summed E-state index contributed by atoms with van der Waals surface area (Å²) in [7, 11) is 1.53. The summed E-state index contributed by atoms with van der Waals surface area (Å²) < 4.78 is 5.16. The van der Waals surface area contributed by atoms with E-state index < -0.39 is 11.7 Å². The molecule has 0 radical (unpaired) electrons. The van der Waals surface area contributed by atoms with Crippen molar-refractivity contribution < 1.29 is 14.3 Å². The molecule has 0 fully saturated rings. The Hall–Kier alpha value is -4.24. The molecule has 3 aromatic rings. The van der Waals surface area contributed by atoms with Crippen LogP contribution < -0.4 is 10.1 Å². The molecule has 1 aromatic heterocycles. The number of rotatable bonds is 6. The van der Waals surface area contributed by atoms with E-state index in [4.69, 9.17) is 10.00 Å². The number of hydrogen-bond acceptors (Lipinski definition) is 5. The molecular formula is C23H17N3O3. The van der Waals surface area contributed by atoms with Crippen LogP contribution in [0.3, 0.4) is 0 Å². The molecule has 1 N–H and O–H groups in total. The number of Topliss-reactive ketones (excluding diaryl/α,β-unsaturated/α-hetero) is 1. The first-order chi connectivity index (χ1) is 14.1. The fourth-order valence-corrected chi connectivity index (χ4v) is 2.61. The molecule has 6 heteroatoms. The van der Waals surface area contributed by atoms with Gasteiger partial charge in [-0.3, -0.25) is 14.6 Å². The Morgan fingerprint density at radius 3 is 2.55 bits per heavy atom. The minimum absolute atomic E-state index is 0.0504. The third-order valence-corrected chi connectivity index (χ3v) is 4.09. The number of aromatic nitrogens is 1. The Bertz CT molecular complexity index is 1100. The van der Waals surface area contributed by atoms with Crippen LogP contribution in [0.5, 0.6) is 5.75 Å². The van der Waals surface area contributed by atoms with E-state index in [1.54, 1.807) is 66.9 Å². The van der Waals surface area contributed by atoms with Crippen molar-refractivity contribution in [3.8, 4) is 11.8 Å². The largest absolute Gasteiger partial charge is 0.497 e. The normalized spacial score (nSPS) is 10.7. The molecule has 0 bridgehead atoms. The molecule has 29 heavy (non-hydrogen) atoms. The molecule has 0 aliphatic carbocycles. The Balaban J connectivity index is 1.97. The van der Waals surface area contributed by atoms with E-state index in [1.165, 1.54) is 19.4 Å². The van der Waals surface area contributed by atoms with Gasteiger partial charge in [0.15, 0.2) is 5.78 Å². The number of hydrogen-bond donors (Lipinski definition) is 1. The number of ketones is 1. The smallest absolute Gasteiger partial charge is 0.259 e. The zero-order valence-corrected chi connectivity index (χ0v) is 15.6. The van der Waals surface area contributed by atoms with E-state index >= 15 is 0 Å². The molecule has 0 aliphatic rings. The molecule has 0 aliphatic heterocycles. The number of ether oxygens (including phenoxy) is 1. The van der Waals surface area contributed by atoms with Gasteiger partial charge in [0.1, 0.15) is 5.75 Å². The van der Waals surface area contributed by atoms with Gasteiger partial charge in [0.05, 0.1) is 24.3 Å². The van der Waals surface area contributed by atoms with Crippen molar-refractivity contribution in [2.45, 2.75) is 0 Å². The highest BCUT2D eigenvalue weighted by Gasteiger charge is 2.20. The summed E-state index contributed by atoms with van der Waals surface area (Å²) >= 11 is 0. The maximum absolute atomic E-state index is 13.0. The molecule has 142 valence electrons. The van der Waals surface area contributed by atoms with Crippen LogP contribution in [0.4, 0.5) is 5.69 Å². The van der Waals surface area contributed by atoms with Gasteiger partial charge in [-0.15, -0.1) is 0 Å². The number of carbonyl (C=O) groups is 2. The van der Waals surface area contributed by atoms with E-state index in [9.17, 15) is 9.59 Å². The standard InChI is InChI=1S/C23H17N3O3/c1-29-20-6-2-5-19(13-20)26-23(28)21(22(27)18-4-3-11-25-15-18)12-16-7-9-17(14-24)10-8-16/h2-13,15H,1H3,(H,26,28)/b21-12+. The van der Waals surface area contributed by atoms with Crippen molar-refractivity contribution in [1.29, 1.82) is 5.26 Å². The molecule has 0 spiro atoms. The first-order valence-corrected chi connectivity index (χ1v) is 8.72. The SMILES string of the molecule is COc1cccc(NC(=O)/C(=C/c2ccc(C#N)cc2)C(=O)c2cccnc2)c1. The van der Waals surface area contributed by atoms with Crippen LogP contribution in [0.1, 0.15) is 21.5 Å². The van der Waals surface area contributed by atoms with Crippen molar-refractivity contribution in [1.82, 2.24) is 4.98 Å². The quantitative estimate of drug-likeness (QED) is 0.302. The fraction of sp³-hybridized carbons (Fsp3) is 0.0435. The molecule has 0 saturated heterocycles. The van der Waals surface area contributed by atoms with Crippen LogP contribution >= 0.6 is 0 Å². The fourth-order valence-electron chi connectivity index (χ4n) is 2.61. The number of carbonyl (C=O) groups excluding carboxylic acids is 2. The number of nitrogens with one attached hydrogen (secondary N) is 1. The summed E-state index contributed by atoms with van der Waals surface area (Å²) in [6.45, 7) is 0. The lowest BCUT2D eigenvalue weighted by molar-refractivity contribution is -0.112. The molecule has 1 amide bonds. The summed E-state index contributed by atoms with van der Waals surface area (Å²) in [4.78, 5) is 29.9. The van der Waals surface area contributed by atoms with Crippen molar-refractivity contribution in [2.24, 2.45) is 0 Å². The highest BCUT2D eigenvalue weighted by molar-refractivity contribution is 6.31. The van der Waals surface area contributed by atoms with Crippen LogP contribution in [0.2, 0.25) is 0 Å². The molecule has 2 aromatic carbocycles. The van der Waals surface area contributed by atoms with Gasteiger partial charge in [-0.1, -0.05) is 18.2 Å². The Morgan fingerprint density at radius 1 is 1.10 bits per heavy atom. The minimum atomic E-state index is -0.559. The van der Waals surface area contributed by atoms with Gasteiger partial charge in [0.2, 0.25) is 0 Å². The maximum Gasteiger partial charge on any atom is 0.259 e. The van der Waals surface area contributed by atoms with Gasteiger partial charge in [-0.25, -0.2) is 0 Å². The van der Waals surface area contributed by atoms with Crippen molar-refractivity contribution in [3.63, 3.8) is 0 Å². The first-order valence-electron chi connectivity index (χ1n) is 8.72. The predicted molar refractivity (Wildman–Crippen MR) is 109 cm³/mol. The number of amides is 1. The third kappa shape index (κ3) is 4.93. The maximum atomic E-state index is 13.0. The van der Waals surface area contributed by atoms with Gasteiger partial charge in [-0.05, 0) is 48.0 Å². The van der Waals surface area contributed by atoms with Crippen molar-refractivity contribution >= 4 is 23.5 Å². The van der Waals surface area contributed by atoms with Gasteiger partial charge in [0, 0.05) is 29.7 Å². The van der Waals surface area contributed by atoms with Crippen LogP contribution in [-0.2, 0) is 4.79 Å². The summed E-state index contributed by atoms with van der Waals surface area (Å²) in [6.07, 6.45) is 4.46. The number of pyridine rings is 1. The lowest BCUT2D eigenvalue weighted by Crippen LogP contribution is -2.21. The number of methoxy groups -OCH3 is 1. The second-order valence-corrected chi connectivity index (χ2v) is 6.05. The molecule has 1 heterocycles. The second kappa shape index (κ2) is 9.11. The van der Waals surface area contributed by atoms with E-state index in [0.717, 1.165) is 0 Å². The van der Waals surface area contributed by atoms with E-state index in [-0.39, 0.29) is 5.57 Å². The summed E-state index contributed by atoms with van der Waals surface area (Å²) in [5, 5.41) is 11.7. The van der Waals surface area contributed by atoms with Gasteiger partial charge < -0.3 is 10.1 Å². The minimum Gasteiger partial charge on any atom is -0.497 e. The molecule has 0 unspecified atom stereocenters. The van der Waals surface area contributed by atoms with E-state index in [2.05, 4.69) is 10.3 Å². The van der Waals surface area contributed by atoms with Gasteiger partial charge in [-0.2, -0.15) is 5.26 Å². The topological polar surface area (TPSA) is 92.1 Å². The molecule has 0 saturated carbocycles. The summed E-state index contributed by atoms with van der Waals surface area (Å²) in [6, 6.07) is 18.7. The van der Waals surface area contributed by atoms with Gasteiger partial charge >= 0.3 is 0 Å². The van der Waals surface area contributed by atoms with Crippen molar-refractivity contribution in [3.05, 3.63) is 95.3 Å². The third-order valence-electron chi connectivity index (χ3n) is 4.09. The highest BCUT2D eigenvalue weighted by atomic mass is 16.5. The zero-order chi connectivity index (χ0) is 20.6. The van der Waals surface area contributed by atoms with Gasteiger partial charge in [0.25, 0.3) is 5.91 Å². The Morgan fingerprint density at radius 2 is 1.90 bits per heavy atom. The number of nitriles is 1. The zero-order valence-electron chi connectivity index (χ0n) is 15.6.